The van der Waals surface area contributed by atoms with E-state index in [1.54, 1.807) is 0 Å². The Labute approximate surface area is 468 Å². The SMILES string of the molecule is NCCCCC(NC(=O)C(CO)NC(=O)C1CCNc2c(NC(=O)CCC(=O)O)cc3cc(O)c(O)cc3[n+]21)C(=O)NCC(=O)NC(CCCN(O)C=O)C(=O)NC1CCCCNC(=O)C(CO)NC(=O)C(CCCN(O)C=O)NC1=O. The van der Waals surface area contributed by atoms with Crippen LogP contribution in [0, 0.1) is 0 Å². The third kappa shape index (κ3) is 20.2. The van der Waals surface area contributed by atoms with Crippen molar-refractivity contribution in [1.82, 2.24) is 52.7 Å². The standard InChI is InChI=1S/C49H72N14O19/c50-14-3-1-7-28(56-48(79)34(24-65)60-49(80)35-13-16-51-42-32(55-39(70)11-12-41(72)73)19-27-20-37(68)38(69)21-36(27)63(35)42)43(74)53-22-40(71)54-29(9-5-17-61(81)25-66)45(76)57-30-8-2-4-15-52-44(75)33(23-64)59-47(78)31(58-46(30)77)10-6-18-62(82)26-67/h19-21,25-26,28-31,33-35,64-65,81-82H,1-18,22-24,50H2,(H12,51,52,53,54,55,56,57,58,59,60,68,69,70,71,72,73,74,75,76,77,78,79,80)/p+1. The Morgan fingerprint density at radius 2 is 1.39 bits per heavy atom. The molecule has 4 rings (SSSR count). The minimum Gasteiger partial charge on any atom is -0.504 e. The number of carbonyl (C=O) groups excluding carboxylic acids is 11. The number of hydroxylamine groups is 4. The van der Waals surface area contributed by atoms with Crippen molar-refractivity contribution in [1.29, 1.82) is 0 Å². The molecule has 11 amide bonds. The molecule has 1 aromatic carbocycles. The van der Waals surface area contributed by atoms with E-state index < -0.39 is 146 Å². The fourth-order valence-electron chi connectivity index (χ4n) is 8.80. The fourth-order valence-corrected chi connectivity index (χ4v) is 8.80. The lowest BCUT2D eigenvalue weighted by molar-refractivity contribution is -0.674. The van der Waals surface area contributed by atoms with Crippen LogP contribution in [0.2, 0.25) is 0 Å². The number of phenolic OH excluding ortho intramolecular Hbond substituents is 2. The number of benzene rings is 1. The van der Waals surface area contributed by atoms with Crippen molar-refractivity contribution in [3.63, 3.8) is 0 Å². The van der Waals surface area contributed by atoms with Crippen LogP contribution in [-0.2, 0) is 57.5 Å². The van der Waals surface area contributed by atoms with Gasteiger partial charge in [0.15, 0.2) is 17.5 Å². The Balaban J connectivity index is 1.51. The van der Waals surface area contributed by atoms with E-state index in [9.17, 15) is 88.4 Å². The average molecular weight is 1160 g/mol. The van der Waals surface area contributed by atoms with Gasteiger partial charge in [-0.2, -0.15) is 0 Å². The lowest BCUT2D eigenvalue weighted by Gasteiger charge is -2.27. The van der Waals surface area contributed by atoms with Gasteiger partial charge in [-0.3, -0.25) is 73.3 Å². The Hall–Kier alpha value is -8.53. The first kappa shape index (κ1) is 66.0. The van der Waals surface area contributed by atoms with E-state index in [0.29, 0.717) is 11.5 Å². The summed E-state index contributed by atoms with van der Waals surface area (Å²) in [5, 5.41) is 95.6. The van der Waals surface area contributed by atoms with E-state index in [-0.39, 0.29) is 137 Å². The summed E-state index contributed by atoms with van der Waals surface area (Å²) in [6, 6.07) is -6.31. The molecule has 1 aromatic heterocycles. The number of nitrogens with two attached hydrogens (primary N) is 1. The van der Waals surface area contributed by atoms with Crippen molar-refractivity contribution >= 4 is 94.4 Å². The minimum atomic E-state index is -1.70. The third-order valence-corrected chi connectivity index (χ3v) is 13.1. The number of pyridine rings is 1. The van der Waals surface area contributed by atoms with Gasteiger partial charge in [0.2, 0.25) is 60.1 Å². The Kier molecular flexibility index (Phi) is 26.8. The normalized spacial score (nSPS) is 18.4. The number of aromatic nitrogens is 1. The van der Waals surface area contributed by atoms with Crippen LogP contribution >= 0.6 is 0 Å². The van der Waals surface area contributed by atoms with Gasteiger partial charge in [-0.25, -0.2) is 14.7 Å². The maximum atomic E-state index is 14.2. The molecule has 19 N–H and O–H groups in total. The number of amides is 11. The predicted octanol–water partition coefficient (Wildman–Crippen LogP) is -5.61. The number of aliphatic hydroxyl groups excluding tert-OH is 2. The largest absolute Gasteiger partial charge is 0.504 e. The first-order valence-electron chi connectivity index (χ1n) is 26.4. The zero-order valence-corrected chi connectivity index (χ0v) is 44.7. The van der Waals surface area contributed by atoms with Crippen LogP contribution in [0.25, 0.3) is 10.9 Å². The van der Waals surface area contributed by atoms with E-state index >= 15 is 0 Å². The first-order valence-corrected chi connectivity index (χ1v) is 26.4. The molecule has 0 saturated carbocycles. The second-order valence-electron chi connectivity index (χ2n) is 19.3. The number of aromatic hydroxyl groups is 2. The first-order chi connectivity index (χ1) is 39.1. The van der Waals surface area contributed by atoms with Crippen LogP contribution < -0.4 is 63.5 Å². The number of fused-ring (bicyclic) bond motifs is 3. The molecule has 2 aliphatic heterocycles. The van der Waals surface area contributed by atoms with E-state index in [1.165, 1.54) is 10.6 Å². The molecule has 7 atom stereocenters. The van der Waals surface area contributed by atoms with Gasteiger partial charge in [-0.15, -0.1) is 0 Å². The summed E-state index contributed by atoms with van der Waals surface area (Å²) in [4.78, 5) is 155. The minimum absolute atomic E-state index is 0.0338. The lowest BCUT2D eigenvalue weighted by Crippen LogP contribution is -2.60. The molecule has 3 heterocycles. The van der Waals surface area contributed by atoms with Gasteiger partial charge in [-0.1, -0.05) is 0 Å². The average Bonchev–Trinajstić information content (AvgIpc) is 1.58. The number of nitrogens with one attached hydrogen (secondary N) is 10. The summed E-state index contributed by atoms with van der Waals surface area (Å²) in [6.07, 6.45) is -0.313. The molecule has 2 aromatic rings. The lowest BCUT2D eigenvalue weighted by atomic mass is 10.0. The molecule has 2 aliphatic rings. The Morgan fingerprint density at radius 3 is 2.06 bits per heavy atom. The second-order valence-corrected chi connectivity index (χ2v) is 19.3. The van der Waals surface area contributed by atoms with Crippen LogP contribution in [0.15, 0.2) is 18.2 Å². The van der Waals surface area contributed by atoms with E-state index in [4.69, 9.17) is 10.8 Å². The summed E-state index contributed by atoms with van der Waals surface area (Å²) >= 11 is 0. The number of carboxylic acids is 1. The van der Waals surface area contributed by atoms with Gasteiger partial charge in [-0.05, 0) is 82.9 Å². The summed E-state index contributed by atoms with van der Waals surface area (Å²) in [5.41, 5.74) is 5.93. The second kappa shape index (κ2) is 33.3. The molecule has 33 heteroatoms. The highest BCUT2D eigenvalue weighted by molar-refractivity contribution is 5.99. The van der Waals surface area contributed by atoms with Crippen molar-refractivity contribution < 1.29 is 98.0 Å². The molecular formula is C49H73N14O19+. The van der Waals surface area contributed by atoms with E-state index in [1.807, 2.05) is 0 Å². The van der Waals surface area contributed by atoms with E-state index in [2.05, 4.69) is 53.2 Å². The number of hydrogen-bond acceptors (Lipinski definition) is 20. The number of rotatable bonds is 30. The molecule has 0 bridgehead atoms. The smallest absolute Gasteiger partial charge is 0.303 e. The van der Waals surface area contributed by atoms with Crippen molar-refractivity contribution in [3.8, 4) is 11.5 Å². The monoisotopic (exact) mass is 1160 g/mol. The molecular weight excluding hydrogens is 1090 g/mol. The Bertz CT molecular complexity index is 2630. The summed E-state index contributed by atoms with van der Waals surface area (Å²) in [7, 11) is 0. The molecule has 33 nitrogen and oxygen atoms in total. The zero-order valence-electron chi connectivity index (χ0n) is 44.7. The van der Waals surface area contributed by atoms with Crippen LogP contribution in [0.3, 0.4) is 0 Å². The number of anilines is 2. The van der Waals surface area contributed by atoms with Crippen LogP contribution in [0.1, 0.15) is 89.5 Å². The fraction of sp³-hybridized carbons (Fsp3) is 0.571. The van der Waals surface area contributed by atoms with Gasteiger partial charge in [0.1, 0.15) is 47.5 Å². The molecule has 452 valence electrons. The van der Waals surface area contributed by atoms with Crippen molar-refractivity contribution in [3.05, 3.63) is 18.2 Å². The van der Waals surface area contributed by atoms with E-state index in [0.717, 1.165) is 12.1 Å². The molecule has 0 radical (unpaired) electrons. The van der Waals surface area contributed by atoms with Gasteiger partial charge < -0.3 is 79.1 Å². The quantitative estimate of drug-likeness (QED) is 0.00866. The maximum Gasteiger partial charge on any atom is 0.303 e. The number of unbranched alkanes of at least 4 members (excludes halogenated alkanes) is 1. The van der Waals surface area contributed by atoms with Gasteiger partial charge in [0.25, 0.3) is 11.7 Å². The highest BCUT2D eigenvalue weighted by atomic mass is 16.5. The topological polar surface area (TPSA) is 503 Å². The zero-order chi connectivity index (χ0) is 60.5. The summed E-state index contributed by atoms with van der Waals surface area (Å²) in [5.74, 6) is -10.2. The summed E-state index contributed by atoms with van der Waals surface area (Å²) in [6.45, 7) is -2.84. The van der Waals surface area contributed by atoms with Gasteiger partial charge >= 0.3 is 5.97 Å². The molecule has 1 saturated heterocycles. The number of hydrogen-bond donors (Lipinski definition) is 18. The van der Waals surface area contributed by atoms with Crippen molar-refractivity contribution in [2.75, 3.05) is 63.1 Å². The number of phenols is 2. The molecule has 82 heavy (non-hydrogen) atoms. The molecule has 0 spiro atoms. The van der Waals surface area contributed by atoms with Crippen LogP contribution in [0.4, 0.5) is 11.5 Å². The van der Waals surface area contributed by atoms with Crippen LogP contribution in [-0.4, -0.2) is 207 Å². The molecule has 0 aliphatic carbocycles. The molecule has 1 fully saturated rings. The maximum absolute atomic E-state index is 14.2. The van der Waals surface area contributed by atoms with Crippen LogP contribution in [0.5, 0.6) is 11.5 Å². The van der Waals surface area contributed by atoms with Crippen molar-refractivity contribution in [2.45, 2.75) is 126 Å². The number of nitrogens with zero attached hydrogens (tertiary/aromatic N) is 3. The number of carboxylic acid groups (broad SMARTS) is 1. The number of aliphatic hydroxyl groups is 2. The molecule has 7 unspecified atom stereocenters. The van der Waals surface area contributed by atoms with Gasteiger partial charge in [0, 0.05) is 43.9 Å². The highest BCUT2D eigenvalue weighted by Crippen LogP contribution is 2.35. The van der Waals surface area contributed by atoms with Gasteiger partial charge in [0.05, 0.1) is 32.7 Å². The third-order valence-electron chi connectivity index (χ3n) is 13.1. The van der Waals surface area contributed by atoms with Crippen molar-refractivity contribution in [2.24, 2.45) is 5.73 Å². The highest BCUT2D eigenvalue weighted by Gasteiger charge is 2.39. The Morgan fingerprint density at radius 1 is 0.720 bits per heavy atom. The predicted molar refractivity (Wildman–Crippen MR) is 281 cm³/mol. The number of aliphatic carboxylic acids is 1. The number of carbonyl (C=O) groups is 12. The summed E-state index contributed by atoms with van der Waals surface area (Å²) < 4.78 is 1.38.